The van der Waals surface area contributed by atoms with Crippen LogP contribution in [0.4, 0.5) is 16.2 Å². The number of ether oxygens (including phenoxy) is 1. The molecule has 2 amide bonds. The van der Waals surface area contributed by atoms with Crippen LogP contribution < -0.4 is 16.4 Å². The second-order valence-corrected chi connectivity index (χ2v) is 3.70. The lowest BCUT2D eigenvalue weighted by atomic mass is 10.2. The molecule has 6 heteroatoms. The monoisotopic (exact) mass is 251 g/mol. The molecular weight excluding hydrogens is 234 g/mol. The Morgan fingerprint density at radius 1 is 1.22 bits per heavy atom. The topological polar surface area (TPSA) is 93.5 Å². The third-order valence-corrected chi connectivity index (χ3v) is 2.09. The molecule has 98 valence electrons. The number of carbonyl (C=O) groups is 2. The van der Waals surface area contributed by atoms with Gasteiger partial charge >= 0.3 is 6.09 Å². The molecule has 0 fully saturated rings. The molecule has 0 saturated heterocycles. The summed E-state index contributed by atoms with van der Waals surface area (Å²) in [4.78, 5) is 22.5. The summed E-state index contributed by atoms with van der Waals surface area (Å²) in [6, 6.07) is 6.09. The number of carbonyl (C=O) groups excluding carboxylic acids is 2. The number of rotatable bonds is 4. The van der Waals surface area contributed by atoms with Crippen molar-refractivity contribution in [1.82, 2.24) is 0 Å². The Labute approximate surface area is 105 Å². The largest absolute Gasteiger partial charge is 0.450 e. The zero-order chi connectivity index (χ0) is 13.5. The Morgan fingerprint density at radius 2 is 1.72 bits per heavy atom. The van der Waals surface area contributed by atoms with E-state index in [9.17, 15) is 9.59 Å². The molecule has 1 aromatic carbocycles. The lowest BCUT2D eigenvalue weighted by Gasteiger charge is -2.09. The van der Waals surface area contributed by atoms with Crippen LogP contribution in [0.25, 0.3) is 0 Å². The van der Waals surface area contributed by atoms with Crippen molar-refractivity contribution < 1.29 is 14.3 Å². The van der Waals surface area contributed by atoms with Gasteiger partial charge < -0.3 is 15.8 Å². The van der Waals surface area contributed by atoms with Crippen molar-refractivity contribution in [3.8, 4) is 0 Å². The Bertz CT molecular complexity index is 415. The van der Waals surface area contributed by atoms with Crippen molar-refractivity contribution in [3.63, 3.8) is 0 Å². The maximum Gasteiger partial charge on any atom is 0.411 e. The minimum Gasteiger partial charge on any atom is -0.450 e. The van der Waals surface area contributed by atoms with Gasteiger partial charge in [0.2, 0.25) is 5.91 Å². The van der Waals surface area contributed by atoms with E-state index in [1.807, 2.05) is 0 Å². The molecule has 0 radical (unpaired) electrons. The van der Waals surface area contributed by atoms with Gasteiger partial charge in [0.15, 0.2) is 0 Å². The first kappa shape index (κ1) is 14.0. The molecule has 1 atom stereocenters. The summed E-state index contributed by atoms with van der Waals surface area (Å²) in [5.74, 6) is -0.263. The van der Waals surface area contributed by atoms with Crippen LogP contribution in [-0.2, 0) is 9.53 Å². The number of nitrogens with one attached hydrogen (secondary N) is 2. The normalized spacial score (nSPS) is 11.5. The number of anilines is 2. The predicted molar refractivity (Wildman–Crippen MR) is 69.4 cm³/mol. The highest BCUT2D eigenvalue weighted by Crippen LogP contribution is 2.13. The second kappa shape index (κ2) is 6.61. The SMILES string of the molecule is CCOC(=O)Nc1ccc(NC(=O)[C@H](C)N)cc1. The maximum atomic E-state index is 11.3. The van der Waals surface area contributed by atoms with E-state index in [1.165, 1.54) is 0 Å². The molecule has 6 nitrogen and oxygen atoms in total. The van der Waals surface area contributed by atoms with Crippen molar-refractivity contribution in [2.45, 2.75) is 19.9 Å². The van der Waals surface area contributed by atoms with E-state index in [2.05, 4.69) is 10.6 Å². The highest BCUT2D eigenvalue weighted by atomic mass is 16.5. The minimum absolute atomic E-state index is 0.263. The van der Waals surface area contributed by atoms with Gasteiger partial charge in [-0.1, -0.05) is 0 Å². The molecule has 1 rings (SSSR count). The Hall–Kier alpha value is -2.08. The Balaban J connectivity index is 2.57. The molecule has 0 spiro atoms. The number of amides is 2. The number of hydrogen-bond acceptors (Lipinski definition) is 4. The molecule has 0 aliphatic rings. The third kappa shape index (κ3) is 4.42. The molecular formula is C12H17N3O3. The van der Waals surface area contributed by atoms with Gasteiger partial charge in [-0.2, -0.15) is 0 Å². The molecule has 1 aromatic rings. The summed E-state index contributed by atoms with van der Waals surface area (Å²) in [5.41, 5.74) is 6.63. The van der Waals surface area contributed by atoms with Crippen LogP contribution in [0.1, 0.15) is 13.8 Å². The van der Waals surface area contributed by atoms with Crippen LogP contribution in [0, 0.1) is 0 Å². The molecule has 18 heavy (non-hydrogen) atoms. The number of nitrogens with two attached hydrogens (primary N) is 1. The van der Waals surface area contributed by atoms with Gasteiger partial charge in [0.25, 0.3) is 0 Å². The molecule has 0 aliphatic heterocycles. The molecule has 0 heterocycles. The number of hydrogen-bond donors (Lipinski definition) is 3. The van der Waals surface area contributed by atoms with Crippen LogP contribution in [0.3, 0.4) is 0 Å². The average Bonchev–Trinajstić information content (AvgIpc) is 2.31. The molecule has 0 unspecified atom stereocenters. The first-order chi connectivity index (χ1) is 8.52. The van der Waals surface area contributed by atoms with Crippen molar-refractivity contribution >= 4 is 23.4 Å². The standard InChI is InChI=1S/C12H17N3O3/c1-3-18-12(17)15-10-6-4-9(5-7-10)14-11(16)8(2)13/h4-8H,3,13H2,1-2H3,(H,14,16)(H,15,17)/t8-/m0/s1. The van der Waals surface area contributed by atoms with Crippen LogP contribution in [-0.4, -0.2) is 24.6 Å². The summed E-state index contributed by atoms with van der Waals surface area (Å²) in [5, 5.41) is 5.19. The van der Waals surface area contributed by atoms with Crippen LogP contribution in [0.2, 0.25) is 0 Å². The van der Waals surface area contributed by atoms with E-state index < -0.39 is 12.1 Å². The van der Waals surface area contributed by atoms with Crippen LogP contribution in [0.5, 0.6) is 0 Å². The van der Waals surface area contributed by atoms with E-state index in [1.54, 1.807) is 38.1 Å². The third-order valence-electron chi connectivity index (χ3n) is 2.09. The maximum absolute atomic E-state index is 11.3. The summed E-state index contributed by atoms with van der Waals surface area (Å²) in [6.07, 6.45) is -0.509. The van der Waals surface area contributed by atoms with Crippen LogP contribution >= 0.6 is 0 Å². The molecule has 0 bridgehead atoms. The number of benzene rings is 1. The van der Waals surface area contributed by atoms with E-state index >= 15 is 0 Å². The fourth-order valence-corrected chi connectivity index (χ4v) is 1.18. The zero-order valence-corrected chi connectivity index (χ0v) is 10.4. The van der Waals surface area contributed by atoms with Gasteiger partial charge in [-0.3, -0.25) is 10.1 Å². The fourth-order valence-electron chi connectivity index (χ4n) is 1.18. The average molecular weight is 251 g/mol. The van der Waals surface area contributed by atoms with Crippen molar-refractivity contribution in [2.24, 2.45) is 5.73 Å². The zero-order valence-electron chi connectivity index (χ0n) is 10.4. The van der Waals surface area contributed by atoms with E-state index in [-0.39, 0.29) is 5.91 Å². The highest BCUT2D eigenvalue weighted by Gasteiger charge is 2.07. The minimum atomic E-state index is -0.567. The molecule has 0 aromatic heterocycles. The lowest BCUT2D eigenvalue weighted by Crippen LogP contribution is -2.32. The fraction of sp³-hybridized carbons (Fsp3) is 0.333. The summed E-state index contributed by atoms with van der Waals surface area (Å²) >= 11 is 0. The Kier molecular flexibility index (Phi) is 5.13. The second-order valence-electron chi connectivity index (χ2n) is 3.70. The van der Waals surface area contributed by atoms with Gasteiger partial charge in [-0.25, -0.2) is 4.79 Å². The van der Waals surface area contributed by atoms with E-state index in [4.69, 9.17) is 10.5 Å². The quantitative estimate of drug-likeness (QED) is 0.756. The molecule has 0 aliphatic carbocycles. The van der Waals surface area contributed by atoms with Gasteiger partial charge in [-0.15, -0.1) is 0 Å². The van der Waals surface area contributed by atoms with Crippen LogP contribution in [0.15, 0.2) is 24.3 Å². The summed E-state index contributed by atoms with van der Waals surface area (Å²) in [6.45, 7) is 3.65. The smallest absolute Gasteiger partial charge is 0.411 e. The highest BCUT2D eigenvalue weighted by molar-refractivity contribution is 5.94. The molecule has 4 N–H and O–H groups in total. The van der Waals surface area contributed by atoms with E-state index in [0.29, 0.717) is 18.0 Å². The predicted octanol–water partition coefficient (Wildman–Crippen LogP) is 1.54. The van der Waals surface area contributed by atoms with Crippen molar-refractivity contribution in [3.05, 3.63) is 24.3 Å². The van der Waals surface area contributed by atoms with Crippen molar-refractivity contribution in [1.29, 1.82) is 0 Å². The Morgan fingerprint density at radius 3 is 2.17 bits per heavy atom. The molecule has 0 saturated carbocycles. The van der Waals surface area contributed by atoms with Crippen molar-refractivity contribution in [2.75, 3.05) is 17.2 Å². The van der Waals surface area contributed by atoms with Gasteiger partial charge in [-0.05, 0) is 38.1 Å². The van der Waals surface area contributed by atoms with Gasteiger partial charge in [0, 0.05) is 11.4 Å². The first-order valence-electron chi connectivity index (χ1n) is 5.63. The summed E-state index contributed by atoms with van der Waals surface area (Å²) < 4.78 is 4.74. The van der Waals surface area contributed by atoms with Gasteiger partial charge in [0.05, 0.1) is 12.6 Å². The first-order valence-corrected chi connectivity index (χ1v) is 5.63. The lowest BCUT2D eigenvalue weighted by molar-refractivity contribution is -0.117. The summed E-state index contributed by atoms with van der Waals surface area (Å²) in [7, 11) is 0. The van der Waals surface area contributed by atoms with E-state index in [0.717, 1.165) is 0 Å². The van der Waals surface area contributed by atoms with Gasteiger partial charge in [0.1, 0.15) is 0 Å².